The number of rotatable bonds is 5. The molecule has 1 unspecified atom stereocenters. The summed E-state index contributed by atoms with van der Waals surface area (Å²) < 4.78 is 29.2. The van der Waals surface area contributed by atoms with E-state index in [1.54, 1.807) is 24.3 Å². The van der Waals surface area contributed by atoms with Gasteiger partial charge in [0.25, 0.3) is 11.8 Å². The highest BCUT2D eigenvalue weighted by Gasteiger charge is 2.42. The number of benzene rings is 2. The van der Waals surface area contributed by atoms with Crippen molar-refractivity contribution in [1.82, 2.24) is 15.5 Å². The van der Waals surface area contributed by atoms with Gasteiger partial charge in [0.05, 0.1) is 0 Å². The third kappa shape index (κ3) is 3.86. The lowest BCUT2D eigenvalue weighted by Crippen LogP contribution is -2.52. The first-order valence-corrected chi connectivity index (χ1v) is 10.2. The minimum atomic E-state index is -3.68. The molecule has 2 aliphatic heterocycles. The average Bonchev–Trinajstić information content (AvgIpc) is 3.07. The Morgan fingerprint density at radius 3 is 2.66 bits per heavy atom. The van der Waals surface area contributed by atoms with Crippen LogP contribution in [0.4, 0.5) is 8.78 Å². The van der Waals surface area contributed by atoms with E-state index in [0.29, 0.717) is 22.3 Å². The zero-order valence-electron chi connectivity index (χ0n) is 17.3. The molecule has 0 saturated carbocycles. The molecule has 32 heavy (non-hydrogen) atoms. The molecular weight excluding hydrogens is 420 g/mol. The molecule has 2 aromatic rings. The van der Waals surface area contributed by atoms with Crippen LogP contribution < -0.4 is 10.6 Å². The van der Waals surface area contributed by atoms with Gasteiger partial charge in [0, 0.05) is 30.6 Å². The number of hydrogen-bond donors (Lipinski definition) is 2. The highest BCUT2D eigenvalue weighted by atomic mass is 19.3. The minimum absolute atomic E-state index is 0.139. The Labute approximate surface area is 182 Å². The Morgan fingerprint density at radius 2 is 1.94 bits per heavy atom. The number of nitrogens with one attached hydrogen (secondary N) is 2. The second-order valence-corrected chi connectivity index (χ2v) is 7.96. The fraction of sp³-hybridized carbons (Fsp3) is 0.304. The predicted molar refractivity (Wildman–Crippen MR) is 109 cm³/mol. The predicted octanol–water partition coefficient (Wildman–Crippen LogP) is 2.16. The minimum Gasteiger partial charge on any atom is -0.346 e. The van der Waals surface area contributed by atoms with Gasteiger partial charge >= 0.3 is 5.92 Å². The lowest BCUT2D eigenvalue weighted by Gasteiger charge is -2.29. The first-order valence-electron chi connectivity index (χ1n) is 10.2. The van der Waals surface area contributed by atoms with Crippen molar-refractivity contribution in [3.05, 3.63) is 70.3 Å². The maximum absolute atomic E-state index is 14.6. The Balaban J connectivity index is 1.44. The number of amides is 4. The van der Waals surface area contributed by atoms with Gasteiger partial charge in [-0.05, 0) is 36.1 Å². The van der Waals surface area contributed by atoms with Gasteiger partial charge in [-0.3, -0.25) is 24.5 Å². The van der Waals surface area contributed by atoms with Gasteiger partial charge in [0.2, 0.25) is 11.8 Å². The van der Waals surface area contributed by atoms with E-state index in [2.05, 4.69) is 10.6 Å². The van der Waals surface area contributed by atoms with Crippen molar-refractivity contribution in [2.45, 2.75) is 44.8 Å². The average molecular weight is 441 g/mol. The van der Waals surface area contributed by atoms with Crippen LogP contribution in [0.15, 0.2) is 42.5 Å². The molecule has 9 heteroatoms. The van der Waals surface area contributed by atoms with Gasteiger partial charge in [-0.1, -0.05) is 36.4 Å². The second-order valence-electron chi connectivity index (χ2n) is 7.96. The van der Waals surface area contributed by atoms with Crippen LogP contribution in [0.3, 0.4) is 0 Å². The van der Waals surface area contributed by atoms with Crippen LogP contribution in [0, 0.1) is 6.92 Å². The van der Waals surface area contributed by atoms with Gasteiger partial charge in [0.15, 0.2) is 0 Å². The number of alkyl halides is 2. The van der Waals surface area contributed by atoms with Gasteiger partial charge in [-0.15, -0.1) is 0 Å². The maximum Gasteiger partial charge on any atom is 0.350 e. The van der Waals surface area contributed by atoms with Crippen LogP contribution in [0.1, 0.15) is 45.5 Å². The summed E-state index contributed by atoms with van der Waals surface area (Å²) in [5.74, 6) is -6.28. The Bertz CT molecular complexity index is 1130. The summed E-state index contributed by atoms with van der Waals surface area (Å²) in [6.07, 6.45) is 0.407. The first-order chi connectivity index (χ1) is 15.2. The lowest BCUT2D eigenvalue weighted by atomic mass is 10.0. The second kappa shape index (κ2) is 8.14. The van der Waals surface area contributed by atoms with Gasteiger partial charge in [0.1, 0.15) is 6.04 Å². The maximum atomic E-state index is 14.6. The van der Waals surface area contributed by atoms with Crippen LogP contribution >= 0.6 is 0 Å². The Kier molecular flexibility index (Phi) is 5.50. The largest absolute Gasteiger partial charge is 0.350 e. The van der Waals surface area contributed by atoms with Crippen LogP contribution in [0.25, 0.3) is 0 Å². The molecule has 1 saturated heterocycles. The number of fused-ring (bicyclic) bond motifs is 1. The van der Waals surface area contributed by atoms with Gasteiger partial charge < -0.3 is 10.2 Å². The Morgan fingerprint density at radius 1 is 1.19 bits per heavy atom. The molecule has 166 valence electrons. The molecule has 1 atom stereocenters. The first kappa shape index (κ1) is 21.6. The van der Waals surface area contributed by atoms with Crippen LogP contribution in [-0.2, 0) is 33.4 Å². The third-order valence-electron chi connectivity index (χ3n) is 5.81. The van der Waals surface area contributed by atoms with E-state index in [0.717, 1.165) is 0 Å². The molecule has 2 heterocycles. The van der Waals surface area contributed by atoms with Crippen molar-refractivity contribution in [2.75, 3.05) is 0 Å². The molecule has 0 radical (unpaired) electrons. The molecule has 7 nitrogen and oxygen atoms in total. The molecule has 0 aliphatic carbocycles. The van der Waals surface area contributed by atoms with E-state index in [1.807, 2.05) is 0 Å². The summed E-state index contributed by atoms with van der Waals surface area (Å²) in [4.78, 5) is 49.8. The van der Waals surface area contributed by atoms with E-state index in [9.17, 15) is 28.0 Å². The lowest BCUT2D eigenvalue weighted by molar-refractivity contribution is -0.147. The summed E-state index contributed by atoms with van der Waals surface area (Å²) >= 11 is 0. The van der Waals surface area contributed by atoms with Crippen molar-refractivity contribution in [3.8, 4) is 0 Å². The number of carbonyl (C=O) groups is 4. The number of aryl methyl sites for hydroxylation is 1. The van der Waals surface area contributed by atoms with E-state index < -0.39 is 23.8 Å². The van der Waals surface area contributed by atoms with Gasteiger partial charge in [-0.2, -0.15) is 8.78 Å². The fourth-order valence-electron chi connectivity index (χ4n) is 4.08. The monoisotopic (exact) mass is 441 g/mol. The number of piperidine rings is 1. The fourth-order valence-corrected chi connectivity index (χ4v) is 4.08. The van der Waals surface area contributed by atoms with Gasteiger partial charge in [-0.25, -0.2) is 0 Å². The van der Waals surface area contributed by atoms with E-state index in [4.69, 9.17) is 0 Å². The highest BCUT2D eigenvalue weighted by Crippen LogP contribution is 2.31. The Hall–Kier alpha value is -3.62. The molecule has 2 N–H and O–H groups in total. The molecule has 1 fully saturated rings. The number of halogens is 2. The van der Waals surface area contributed by atoms with Crippen LogP contribution in [-0.4, -0.2) is 34.6 Å². The van der Waals surface area contributed by atoms with Crippen molar-refractivity contribution in [3.63, 3.8) is 0 Å². The van der Waals surface area contributed by atoms with Crippen molar-refractivity contribution >= 4 is 23.6 Å². The molecule has 4 amide bonds. The molecule has 2 aromatic carbocycles. The van der Waals surface area contributed by atoms with Crippen molar-refractivity contribution in [1.29, 1.82) is 0 Å². The summed E-state index contributed by atoms with van der Waals surface area (Å²) in [7, 11) is 0. The third-order valence-corrected chi connectivity index (χ3v) is 5.81. The molecule has 4 rings (SSSR count). The quantitative estimate of drug-likeness (QED) is 0.696. The van der Waals surface area contributed by atoms with E-state index >= 15 is 0 Å². The number of imide groups is 1. The SMILES string of the molecule is Cc1ccccc1C(F)(F)C(=O)NCc1ccc2c(c1)CN(C1CCC(=O)NC1=O)C2=O. The topological polar surface area (TPSA) is 95.6 Å². The highest BCUT2D eigenvalue weighted by molar-refractivity contribution is 6.05. The van der Waals surface area contributed by atoms with Crippen LogP contribution in [0.2, 0.25) is 0 Å². The summed E-state index contributed by atoms with van der Waals surface area (Å²) in [6, 6.07) is 9.88. The molecule has 0 spiro atoms. The number of hydrogen-bond acceptors (Lipinski definition) is 4. The summed E-state index contributed by atoms with van der Waals surface area (Å²) in [5.41, 5.74) is 1.57. The number of carbonyl (C=O) groups excluding carboxylic acids is 4. The normalized spacial score (nSPS) is 18.4. The van der Waals surface area contributed by atoms with Crippen LogP contribution in [0.5, 0.6) is 0 Å². The molecule has 2 aliphatic rings. The van der Waals surface area contributed by atoms with E-state index in [1.165, 1.54) is 30.0 Å². The van der Waals surface area contributed by atoms with E-state index in [-0.39, 0.29) is 43.3 Å². The summed E-state index contributed by atoms with van der Waals surface area (Å²) in [5, 5.41) is 4.50. The zero-order valence-corrected chi connectivity index (χ0v) is 17.3. The standard InChI is InChI=1S/C23H21F2N3O4/c1-13-4-2-3-5-17(13)23(24,25)22(32)26-11-14-6-7-16-15(10-14)12-28(21(16)31)18-8-9-19(29)27-20(18)30/h2-7,10,18H,8-9,11-12H2,1H3,(H,26,32)(H,27,29,30). The van der Waals surface area contributed by atoms with Crippen molar-refractivity contribution in [2.24, 2.45) is 0 Å². The molecule has 0 aromatic heterocycles. The summed E-state index contributed by atoms with van der Waals surface area (Å²) in [6.45, 7) is 1.55. The zero-order chi connectivity index (χ0) is 23.0. The number of nitrogens with zero attached hydrogens (tertiary/aromatic N) is 1. The smallest absolute Gasteiger partial charge is 0.346 e. The molecule has 0 bridgehead atoms. The molecular formula is C23H21F2N3O4. The van der Waals surface area contributed by atoms with Crippen molar-refractivity contribution < 1.29 is 28.0 Å².